The number of amides is 1. The minimum atomic E-state index is -0.663. The maximum Gasteiger partial charge on any atom is 0.305 e. The van der Waals surface area contributed by atoms with Crippen LogP contribution in [0.3, 0.4) is 0 Å². The fourth-order valence-electron chi connectivity index (χ4n) is 13.0. The van der Waals surface area contributed by atoms with E-state index < -0.39 is 12.1 Å². The third-order valence-electron chi connectivity index (χ3n) is 19.2. The average molecular weight is 1250 g/mol. The summed E-state index contributed by atoms with van der Waals surface area (Å²) in [5, 5.41) is 23.4. The zero-order valence-electron chi connectivity index (χ0n) is 60.4. The second-order valence-corrected chi connectivity index (χ2v) is 28.1. The number of aliphatic hydroxyl groups is 2. The van der Waals surface area contributed by atoms with E-state index in [2.05, 4.69) is 55.6 Å². The van der Waals surface area contributed by atoms with Crippen LogP contribution in [-0.2, 0) is 14.3 Å². The van der Waals surface area contributed by atoms with Crippen molar-refractivity contribution in [2.75, 3.05) is 13.2 Å². The first-order valence-electron chi connectivity index (χ1n) is 40.7. The molecule has 0 aromatic rings. The van der Waals surface area contributed by atoms with Gasteiger partial charge in [0.2, 0.25) is 5.91 Å². The number of esters is 1. The van der Waals surface area contributed by atoms with Crippen LogP contribution in [-0.4, -0.2) is 47.4 Å². The van der Waals surface area contributed by atoms with Gasteiger partial charge in [-0.3, -0.25) is 9.59 Å². The molecule has 6 nitrogen and oxygen atoms in total. The van der Waals surface area contributed by atoms with E-state index in [0.29, 0.717) is 25.9 Å². The molecule has 0 spiro atoms. The molecule has 0 aromatic carbocycles. The number of unbranched alkanes of at least 4 members (excludes halogenated alkanes) is 60. The van der Waals surface area contributed by atoms with E-state index >= 15 is 0 Å². The third kappa shape index (κ3) is 75.0. The van der Waals surface area contributed by atoms with Crippen LogP contribution in [0.25, 0.3) is 0 Å². The SMILES string of the molecule is CCCCCCCC/C=C\CCCCCCCCCCCC(=O)OCCCCCCCCCCCCCCC/C=C\C/C=C\CCCCCCCCCCCCCCCCCCCC(=O)NC(CO)C(O)CCCCCCCCCCCCCCCCCC. The van der Waals surface area contributed by atoms with Gasteiger partial charge >= 0.3 is 5.97 Å². The molecule has 0 saturated carbocycles. The van der Waals surface area contributed by atoms with Gasteiger partial charge in [-0.25, -0.2) is 0 Å². The fraction of sp³-hybridized carbons (Fsp3) is 0.904. The molecule has 0 aromatic heterocycles. The van der Waals surface area contributed by atoms with E-state index in [1.807, 2.05) is 0 Å². The van der Waals surface area contributed by atoms with Crippen LogP contribution in [0, 0.1) is 0 Å². The molecule has 0 fully saturated rings. The van der Waals surface area contributed by atoms with Crippen LogP contribution in [0.4, 0.5) is 0 Å². The number of ether oxygens (including phenoxy) is 1. The molecule has 0 aliphatic rings. The van der Waals surface area contributed by atoms with Crippen molar-refractivity contribution < 1.29 is 24.5 Å². The van der Waals surface area contributed by atoms with E-state index in [-0.39, 0.29) is 18.5 Å². The minimum Gasteiger partial charge on any atom is -0.466 e. The lowest BCUT2D eigenvalue weighted by Crippen LogP contribution is -2.45. The highest BCUT2D eigenvalue weighted by Gasteiger charge is 2.20. The molecule has 1 amide bonds. The van der Waals surface area contributed by atoms with Gasteiger partial charge in [-0.2, -0.15) is 0 Å². The molecular formula is C83H159NO5. The van der Waals surface area contributed by atoms with Crippen molar-refractivity contribution in [3.05, 3.63) is 36.5 Å². The van der Waals surface area contributed by atoms with E-state index in [4.69, 9.17) is 4.74 Å². The van der Waals surface area contributed by atoms with E-state index in [0.717, 1.165) is 44.9 Å². The summed E-state index contributed by atoms with van der Waals surface area (Å²) < 4.78 is 5.52. The number of carbonyl (C=O) groups is 2. The Morgan fingerprint density at radius 3 is 0.865 bits per heavy atom. The summed E-state index contributed by atoms with van der Waals surface area (Å²) in [6, 6.07) is -0.540. The quantitative estimate of drug-likeness (QED) is 0.0320. The molecule has 526 valence electrons. The standard InChI is InChI=1S/C83H159NO5/c1-3-5-7-9-11-13-15-17-19-21-41-45-49-53-57-61-65-69-73-77-83(88)89-78-74-70-66-62-58-54-50-46-43-40-38-36-34-32-30-28-26-24-22-23-25-27-29-31-33-35-37-39-42-44-48-52-56-60-64-68-72-76-82(87)84-80(79-85)81(86)75-71-67-63-59-55-51-47-20-18-16-14-12-10-8-6-4-2/h17,19,22,24,28,30,80-81,85-86H,3-16,18,20-21,23,25-27,29,31-79H2,1-2H3,(H,84,87)/b19-17-,24-22-,30-28-. The fourth-order valence-corrected chi connectivity index (χ4v) is 13.0. The van der Waals surface area contributed by atoms with Gasteiger partial charge in [0, 0.05) is 12.8 Å². The topological polar surface area (TPSA) is 95.9 Å². The summed E-state index contributed by atoms with van der Waals surface area (Å²) in [7, 11) is 0. The lowest BCUT2D eigenvalue weighted by molar-refractivity contribution is -0.143. The lowest BCUT2D eigenvalue weighted by Gasteiger charge is -2.22. The summed E-state index contributed by atoms with van der Waals surface area (Å²) in [6.07, 6.45) is 102. The Balaban J connectivity index is 3.34. The lowest BCUT2D eigenvalue weighted by atomic mass is 10.0. The van der Waals surface area contributed by atoms with Crippen LogP contribution in [0.1, 0.15) is 457 Å². The van der Waals surface area contributed by atoms with Gasteiger partial charge in [-0.05, 0) is 83.5 Å². The van der Waals surface area contributed by atoms with E-state index in [1.54, 1.807) is 0 Å². The van der Waals surface area contributed by atoms with Crippen LogP contribution in [0.15, 0.2) is 36.5 Å². The molecule has 0 rings (SSSR count). The maximum atomic E-state index is 12.5. The molecule has 0 aliphatic carbocycles. The van der Waals surface area contributed by atoms with E-state index in [1.165, 1.54) is 379 Å². The van der Waals surface area contributed by atoms with Crippen molar-refractivity contribution in [2.24, 2.45) is 0 Å². The Morgan fingerprint density at radius 1 is 0.315 bits per heavy atom. The molecule has 3 N–H and O–H groups in total. The predicted octanol–water partition coefficient (Wildman–Crippen LogP) is 27.0. The van der Waals surface area contributed by atoms with E-state index in [9.17, 15) is 19.8 Å². The van der Waals surface area contributed by atoms with Gasteiger partial charge in [0.05, 0.1) is 25.4 Å². The Morgan fingerprint density at radius 2 is 0.562 bits per heavy atom. The summed E-state index contributed by atoms with van der Waals surface area (Å²) in [5.74, 6) is -0.00938. The van der Waals surface area contributed by atoms with Crippen molar-refractivity contribution in [1.82, 2.24) is 5.32 Å². The summed E-state index contributed by atoms with van der Waals surface area (Å²) in [6.45, 7) is 4.99. The molecule has 0 bridgehead atoms. The second kappa shape index (κ2) is 78.5. The Labute approximate surface area is 557 Å². The van der Waals surface area contributed by atoms with Crippen LogP contribution >= 0.6 is 0 Å². The highest BCUT2D eigenvalue weighted by atomic mass is 16.5. The molecule has 0 heterocycles. The summed E-state index contributed by atoms with van der Waals surface area (Å²) in [5.41, 5.74) is 0. The number of aliphatic hydroxyl groups excluding tert-OH is 2. The second-order valence-electron chi connectivity index (χ2n) is 28.1. The Kier molecular flexibility index (Phi) is 76.8. The predicted molar refractivity (Wildman–Crippen MR) is 393 cm³/mol. The molecule has 0 saturated heterocycles. The normalized spacial score (nSPS) is 12.6. The Hall–Kier alpha value is -1.92. The van der Waals surface area contributed by atoms with Crippen LogP contribution < -0.4 is 5.32 Å². The van der Waals surface area contributed by atoms with Gasteiger partial charge in [0.15, 0.2) is 0 Å². The zero-order chi connectivity index (χ0) is 64.2. The van der Waals surface area contributed by atoms with Crippen LogP contribution in [0.2, 0.25) is 0 Å². The number of hydrogen-bond acceptors (Lipinski definition) is 5. The van der Waals surface area contributed by atoms with Crippen LogP contribution in [0.5, 0.6) is 0 Å². The van der Waals surface area contributed by atoms with Crippen molar-refractivity contribution in [1.29, 1.82) is 0 Å². The smallest absolute Gasteiger partial charge is 0.305 e. The van der Waals surface area contributed by atoms with Crippen molar-refractivity contribution >= 4 is 11.9 Å². The van der Waals surface area contributed by atoms with Gasteiger partial charge in [-0.15, -0.1) is 0 Å². The number of rotatable bonds is 77. The zero-order valence-corrected chi connectivity index (χ0v) is 60.4. The molecule has 2 atom stereocenters. The third-order valence-corrected chi connectivity index (χ3v) is 19.2. The molecule has 89 heavy (non-hydrogen) atoms. The molecule has 6 heteroatoms. The van der Waals surface area contributed by atoms with Gasteiger partial charge < -0.3 is 20.3 Å². The number of hydrogen-bond donors (Lipinski definition) is 3. The highest BCUT2D eigenvalue weighted by molar-refractivity contribution is 5.76. The maximum absolute atomic E-state index is 12.5. The summed E-state index contributed by atoms with van der Waals surface area (Å²) >= 11 is 0. The highest BCUT2D eigenvalue weighted by Crippen LogP contribution is 2.20. The number of allylic oxidation sites excluding steroid dienone is 6. The van der Waals surface area contributed by atoms with Gasteiger partial charge in [0.1, 0.15) is 0 Å². The summed E-state index contributed by atoms with van der Waals surface area (Å²) in [4.78, 5) is 24.7. The van der Waals surface area contributed by atoms with Gasteiger partial charge in [-0.1, -0.05) is 397 Å². The van der Waals surface area contributed by atoms with Crippen molar-refractivity contribution in [3.8, 4) is 0 Å². The average Bonchev–Trinajstić information content (AvgIpc) is 3.56. The Bertz CT molecular complexity index is 1440. The molecule has 2 unspecified atom stereocenters. The minimum absolute atomic E-state index is 0.0192. The first-order valence-corrected chi connectivity index (χ1v) is 40.7. The number of carbonyl (C=O) groups excluding carboxylic acids is 2. The first-order chi connectivity index (χ1) is 44.0. The first kappa shape index (κ1) is 87.1. The number of nitrogens with one attached hydrogen (secondary N) is 1. The molecule has 0 aliphatic heterocycles. The monoisotopic (exact) mass is 1250 g/mol. The van der Waals surface area contributed by atoms with Crippen molar-refractivity contribution in [2.45, 2.75) is 469 Å². The molecule has 0 radical (unpaired) electrons. The van der Waals surface area contributed by atoms with Gasteiger partial charge in [0.25, 0.3) is 0 Å². The largest absolute Gasteiger partial charge is 0.466 e. The van der Waals surface area contributed by atoms with Crippen molar-refractivity contribution in [3.63, 3.8) is 0 Å². The molecular weight excluding hydrogens is 1090 g/mol.